The summed E-state index contributed by atoms with van der Waals surface area (Å²) in [6.07, 6.45) is 0.994. The van der Waals surface area contributed by atoms with Crippen molar-refractivity contribution in [1.82, 2.24) is 10.2 Å². The fraction of sp³-hybridized carbons (Fsp3) is 0.750. The van der Waals surface area contributed by atoms with E-state index in [-0.39, 0.29) is 25.3 Å². The smallest absolute Gasteiger partial charge is 0.329 e. The number of rotatable bonds is 3. The molecular formula is C12H19N3O5. The van der Waals surface area contributed by atoms with Crippen molar-refractivity contribution in [2.75, 3.05) is 26.3 Å². The summed E-state index contributed by atoms with van der Waals surface area (Å²) in [6, 6.07) is -0.460. The average molecular weight is 285 g/mol. The number of ether oxygens (including phenoxy) is 1. The molecule has 1 unspecified atom stereocenters. The summed E-state index contributed by atoms with van der Waals surface area (Å²) in [7, 11) is 0. The number of carbonyl (C=O) groups is 3. The first-order valence-electron chi connectivity index (χ1n) is 6.62. The molecule has 0 radical (unpaired) electrons. The molecule has 2 fully saturated rings. The summed E-state index contributed by atoms with van der Waals surface area (Å²) in [6.45, 7) is 1.26. The van der Waals surface area contributed by atoms with Crippen LogP contribution in [0.15, 0.2) is 0 Å². The van der Waals surface area contributed by atoms with Crippen LogP contribution in [0.25, 0.3) is 0 Å². The number of nitrogens with one attached hydrogen (secondary N) is 1. The van der Waals surface area contributed by atoms with Crippen molar-refractivity contribution < 1.29 is 24.2 Å². The molecule has 112 valence electrons. The van der Waals surface area contributed by atoms with Gasteiger partial charge in [-0.05, 0) is 6.42 Å². The Morgan fingerprint density at radius 3 is 2.45 bits per heavy atom. The van der Waals surface area contributed by atoms with Crippen molar-refractivity contribution in [3.8, 4) is 0 Å². The van der Waals surface area contributed by atoms with Crippen molar-refractivity contribution in [3.63, 3.8) is 0 Å². The van der Waals surface area contributed by atoms with Gasteiger partial charge in [0.2, 0.25) is 5.91 Å². The van der Waals surface area contributed by atoms with Crippen LogP contribution in [-0.4, -0.2) is 59.8 Å². The number of nitrogens with two attached hydrogens (primary N) is 1. The highest BCUT2D eigenvalue weighted by atomic mass is 16.5. The number of hydrogen-bond acceptors (Lipinski definition) is 4. The molecular weight excluding hydrogens is 266 g/mol. The van der Waals surface area contributed by atoms with E-state index in [4.69, 9.17) is 10.5 Å². The first-order valence-corrected chi connectivity index (χ1v) is 6.62. The summed E-state index contributed by atoms with van der Waals surface area (Å²) in [5, 5.41) is 11.9. The third-order valence-electron chi connectivity index (χ3n) is 3.98. The van der Waals surface area contributed by atoms with Crippen LogP contribution in [0, 0.1) is 5.92 Å². The maximum Gasteiger partial charge on any atom is 0.329 e. The number of aliphatic carboxylic acids is 1. The molecule has 4 N–H and O–H groups in total. The van der Waals surface area contributed by atoms with Crippen LogP contribution in [0.5, 0.6) is 0 Å². The molecule has 0 aromatic heterocycles. The van der Waals surface area contributed by atoms with Crippen LogP contribution in [-0.2, 0) is 14.3 Å². The predicted octanol–water partition coefficient (Wildman–Crippen LogP) is -0.863. The molecule has 0 saturated carbocycles. The molecule has 3 amide bonds. The molecule has 0 aliphatic carbocycles. The van der Waals surface area contributed by atoms with Gasteiger partial charge in [0.15, 0.2) is 0 Å². The molecule has 8 nitrogen and oxygen atoms in total. The number of carboxylic acids is 1. The summed E-state index contributed by atoms with van der Waals surface area (Å²) in [4.78, 5) is 36.1. The maximum atomic E-state index is 12.1. The Morgan fingerprint density at radius 1 is 1.30 bits per heavy atom. The Kier molecular flexibility index (Phi) is 4.12. The Hall–Kier alpha value is -1.83. The van der Waals surface area contributed by atoms with E-state index in [1.165, 1.54) is 4.90 Å². The second-order valence-corrected chi connectivity index (χ2v) is 5.26. The standard InChI is InChI=1S/C12H19N3O5/c13-9(16)8-1-4-15(7-8)11(19)14-12(10(17)18)2-5-20-6-3-12/h8H,1-7H2,(H2,13,16)(H,14,19)(H,17,18). The van der Waals surface area contributed by atoms with E-state index >= 15 is 0 Å². The van der Waals surface area contributed by atoms with E-state index in [9.17, 15) is 19.5 Å². The van der Waals surface area contributed by atoms with Gasteiger partial charge in [0.1, 0.15) is 5.54 Å². The molecule has 8 heteroatoms. The van der Waals surface area contributed by atoms with Gasteiger partial charge in [-0.1, -0.05) is 0 Å². The third kappa shape index (κ3) is 2.84. The first kappa shape index (κ1) is 14.6. The van der Waals surface area contributed by atoms with Gasteiger partial charge in [-0.3, -0.25) is 4.79 Å². The minimum atomic E-state index is -1.28. The van der Waals surface area contributed by atoms with Crippen LogP contribution in [0.1, 0.15) is 19.3 Å². The highest BCUT2D eigenvalue weighted by Gasteiger charge is 2.43. The van der Waals surface area contributed by atoms with Gasteiger partial charge < -0.3 is 25.8 Å². The first-order chi connectivity index (χ1) is 9.44. The Labute approximate surface area is 116 Å². The van der Waals surface area contributed by atoms with Crippen LogP contribution in [0.3, 0.4) is 0 Å². The van der Waals surface area contributed by atoms with E-state index in [0.29, 0.717) is 26.2 Å². The second-order valence-electron chi connectivity index (χ2n) is 5.26. The van der Waals surface area contributed by atoms with E-state index in [2.05, 4.69) is 5.32 Å². The lowest BCUT2D eigenvalue weighted by Crippen LogP contribution is -2.60. The van der Waals surface area contributed by atoms with Crippen molar-refractivity contribution in [3.05, 3.63) is 0 Å². The number of nitrogens with zero attached hydrogens (tertiary/aromatic N) is 1. The van der Waals surface area contributed by atoms with Gasteiger partial charge in [0, 0.05) is 39.1 Å². The number of primary amides is 1. The number of hydrogen-bond donors (Lipinski definition) is 3. The van der Waals surface area contributed by atoms with E-state index in [1.54, 1.807) is 0 Å². The molecule has 0 aromatic rings. The average Bonchev–Trinajstić information content (AvgIpc) is 2.89. The number of carboxylic acid groups (broad SMARTS) is 1. The Bertz CT molecular complexity index is 419. The zero-order chi connectivity index (χ0) is 14.8. The van der Waals surface area contributed by atoms with Gasteiger partial charge >= 0.3 is 12.0 Å². The number of amides is 3. The highest BCUT2D eigenvalue weighted by molar-refractivity contribution is 5.87. The highest BCUT2D eigenvalue weighted by Crippen LogP contribution is 2.23. The predicted molar refractivity (Wildman–Crippen MR) is 67.8 cm³/mol. The topological polar surface area (TPSA) is 122 Å². The summed E-state index contributed by atoms with van der Waals surface area (Å²) in [5.41, 5.74) is 3.93. The summed E-state index contributed by atoms with van der Waals surface area (Å²) >= 11 is 0. The van der Waals surface area contributed by atoms with Crippen LogP contribution in [0.4, 0.5) is 4.79 Å². The van der Waals surface area contributed by atoms with Crippen molar-refractivity contribution in [2.24, 2.45) is 11.7 Å². The quantitative estimate of drug-likeness (QED) is 0.622. The zero-order valence-electron chi connectivity index (χ0n) is 11.1. The minimum Gasteiger partial charge on any atom is -0.480 e. The van der Waals surface area contributed by atoms with Gasteiger partial charge in [0.05, 0.1) is 5.92 Å². The van der Waals surface area contributed by atoms with E-state index in [0.717, 1.165) is 0 Å². The minimum absolute atomic E-state index is 0.237. The Balaban J connectivity index is 1.99. The maximum absolute atomic E-state index is 12.1. The molecule has 0 bridgehead atoms. The van der Waals surface area contributed by atoms with Crippen LogP contribution < -0.4 is 11.1 Å². The third-order valence-corrected chi connectivity index (χ3v) is 3.98. The molecule has 2 saturated heterocycles. The fourth-order valence-corrected chi connectivity index (χ4v) is 2.57. The number of urea groups is 1. The van der Waals surface area contributed by atoms with Crippen molar-refractivity contribution >= 4 is 17.9 Å². The largest absolute Gasteiger partial charge is 0.480 e. The molecule has 2 aliphatic heterocycles. The fourth-order valence-electron chi connectivity index (χ4n) is 2.57. The Morgan fingerprint density at radius 2 is 1.95 bits per heavy atom. The van der Waals surface area contributed by atoms with Gasteiger partial charge in [0.25, 0.3) is 0 Å². The molecule has 20 heavy (non-hydrogen) atoms. The molecule has 2 heterocycles. The lowest BCUT2D eigenvalue weighted by Gasteiger charge is -2.35. The van der Waals surface area contributed by atoms with E-state index < -0.39 is 23.4 Å². The molecule has 1 atom stereocenters. The lowest BCUT2D eigenvalue weighted by atomic mass is 9.90. The normalized spacial score (nSPS) is 25.2. The van der Waals surface area contributed by atoms with Gasteiger partial charge in [-0.2, -0.15) is 0 Å². The van der Waals surface area contributed by atoms with E-state index in [1.807, 2.05) is 0 Å². The van der Waals surface area contributed by atoms with Crippen LogP contribution in [0.2, 0.25) is 0 Å². The number of likely N-dealkylation sites (tertiary alicyclic amines) is 1. The zero-order valence-corrected chi connectivity index (χ0v) is 11.1. The van der Waals surface area contributed by atoms with Crippen molar-refractivity contribution in [1.29, 1.82) is 0 Å². The number of carbonyl (C=O) groups excluding carboxylic acids is 2. The summed E-state index contributed by atoms with van der Waals surface area (Å²) < 4.78 is 5.14. The van der Waals surface area contributed by atoms with Gasteiger partial charge in [-0.25, -0.2) is 9.59 Å². The lowest BCUT2D eigenvalue weighted by molar-refractivity contribution is -0.148. The second kappa shape index (κ2) is 5.66. The molecule has 0 aromatic carbocycles. The monoisotopic (exact) mass is 285 g/mol. The molecule has 0 spiro atoms. The van der Waals surface area contributed by atoms with Crippen molar-refractivity contribution in [2.45, 2.75) is 24.8 Å². The molecule has 2 aliphatic rings. The SMILES string of the molecule is NC(=O)C1CCN(C(=O)NC2(C(=O)O)CCOCC2)C1. The summed E-state index contributed by atoms with van der Waals surface area (Å²) in [5.74, 6) is -1.84. The van der Waals surface area contributed by atoms with Gasteiger partial charge in [-0.15, -0.1) is 0 Å². The van der Waals surface area contributed by atoms with Crippen LogP contribution >= 0.6 is 0 Å². The molecule has 2 rings (SSSR count).